The number of hydrogen-bond acceptors (Lipinski definition) is 2. The van der Waals surface area contributed by atoms with Gasteiger partial charge in [0.2, 0.25) is 0 Å². The van der Waals surface area contributed by atoms with Gasteiger partial charge >= 0.3 is 5.97 Å². The molecule has 0 aliphatic carbocycles. The Morgan fingerprint density at radius 2 is 1.67 bits per heavy atom. The van der Waals surface area contributed by atoms with Gasteiger partial charge in [0, 0.05) is 0 Å². The number of esters is 1. The standard InChI is InChI=1S/C13H26O2/c1-8-13(7,9-10(2)3)11(14)15-12(4,5)6/h10H,8-9H2,1-7H3. The van der Waals surface area contributed by atoms with E-state index < -0.39 is 0 Å². The lowest BCUT2D eigenvalue weighted by atomic mass is 9.79. The summed E-state index contributed by atoms with van der Waals surface area (Å²) in [4.78, 5) is 12.0. The molecule has 0 aromatic rings. The molecular formula is C13H26O2. The van der Waals surface area contributed by atoms with Crippen molar-refractivity contribution < 1.29 is 9.53 Å². The summed E-state index contributed by atoms with van der Waals surface area (Å²) >= 11 is 0. The van der Waals surface area contributed by atoms with Crippen LogP contribution in [0.2, 0.25) is 0 Å². The summed E-state index contributed by atoms with van der Waals surface area (Å²) in [5, 5.41) is 0. The van der Waals surface area contributed by atoms with Gasteiger partial charge in [-0.15, -0.1) is 0 Å². The lowest BCUT2D eigenvalue weighted by Crippen LogP contribution is -2.36. The molecule has 0 saturated carbocycles. The van der Waals surface area contributed by atoms with E-state index >= 15 is 0 Å². The van der Waals surface area contributed by atoms with E-state index in [4.69, 9.17) is 4.74 Å². The normalized spacial score (nSPS) is 16.3. The second-order valence-corrected chi connectivity index (χ2v) is 6.01. The number of ether oxygens (including phenoxy) is 1. The minimum Gasteiger partial charge on any atom is -0.460 e. The predicted octanol–water partition coefficient (Wildman–Crippen LogP) is 3.79. The average Bonchev–Trinajstić information content (AvgIpc) is 1.99. The Morgan fingerprint density at radius 1 is 1.20 bits per heavy atom. The van der Waals surface area contributed by atoms with Gasteiger partial charge in [0.15, 0.2) is 0 Å². The third-order valence-electron chi connectivity index (χ3n) is 2.53. The van der Waals surface area contributed by atoms with Crippen molar-refractivity contribution >= 4 is 5.97 Å². The van der Waals surface area contributed by atoms with E-state index in [0.29, 0.717) is 5.92 Å². The zero-order valence-electron chi connectivity index (χ0n) is 11.3. The SMILES string of the molecule is CCC(C)(CC(C)C)C(=O)OC(C)(C)C. The zero-order valence-corrected chi connectivity index (χ0v) is 11.3. The smallest absolute Gasteiger partial charge is 0.312 e. The van der Waals surface area contributed by atoms with Crippen molar-refractivity contribution in [2.24, 2.45) is 11.3 Å². The molecule has 0 saturated heterocycles. The Bertz CT molecular complexity index is 213. The van der Waals surface area contributed by atoms with E-state index in [1.807, 2.05) is 34.6 Å². The van der Waals surface area contributed by atoms with E-state index in [2.05, 4.69) is 13.8 Å². The molecule has 0 heterocycles. The molecule has 0 aliphatic heterocycles. The third-order valence-corrected chi connectivity index (χ3v) is 2.53. The fourth-order valence-corrected chi connectivity index (χ4v) is 1.67. The van der Waals surface area contributed by atoms with Gasteiger partial charge in [0.05, 0.1) is 5.41 Å². The van der Waals surface area contributed by atoms with Crippen LogP contribution in [0.5, 0.6) is 0 Å². The van der Waals surface area contributed by atoms with Crippen molar-refractivity contribution in [3.05, 3.63) is 0 Å². The summed E-state index contributed by atoms with van der Waals surface area (Å²) < 4.78 is 5.46. The number of carbonyl (C=O) groups excluding carboxylic acids is 1. The maximum absolute atomic E-state index is 12.0. The van der Waals surface area contributed by atoms with Crippen LogP contribution in [0.4, 0.5) is 0 Å². The minimum atomic E-state index is -0.384. The maximum Gasteiger partial charge on any atom is 0.312 e. The summed E-state index contributed by atoms with van der Waals surface area (Å²) in [7, 11) is 0. The Balaban J connectivity index is 4.59. The number of hydrogen-bond donors (Lipinski definition) is 0. The summed E-state index contributed by atoms with van der Waals surface area (Å²) in [5.74, 6) is 0.452. The van der Waals surface area contributed by atoms with Gasteiger partial charge < -0.3 is 4.74 Å². The van der Waals surface area contributed by atoms with Crippen LogP contribution in [0, 0.1) is 11.3 Å². The molecule has 0 amide bonds. The van der Waals surface area contributed by atoms with Crippen LogP contribution in [-0.4, -0.2) is 11.6 Å². The molecule has 2 nitrogen and oxygen atoms in total. The molecule has 15 heavy (non-hydrogen) atoms. The first kappa shape index (κ1) is 14.5. The highest BCUT2D eigenvalue weighted by Gasteiger charge is 2.35. The first-order valence-electron chi connectivity index (χ1n) is 5.84. The van der Waals surface area contributed by atoms with E-state index in [9.17, 15) is 4.79 Å². The first-order valence-corrected chi connectivity index (χ1v) is 5.84. The van der Waals surface area contributed by atoms with Crippen molar-refractivity contribution in [2.75, 3.05) is 0 Å². The quantitative estimate of drug-likeness (QED) is 0.665. The van der Waals surface area contributed by atoms with Crippen molar-refractivity contribution in [3.63, 3.8) is 0 Å². The molecule has 0 radical (unpaired) electrons. The van der Waals surface area contributed by atoms with Crippen LogP contribution in [0.15, 0.2) is 0 Å². The highest BCUT2D eigenvalue weighted by molar-refractivity contribution is 5.76. The van der Waals surface area contributed by atoms with Crippen LogP contribution >= 0.6 is 0 Å². The Hall–Kier alpha value is -0.530. The molecule has 90 valence electrons. The Morgan fingerprint density at radius 3 is 1.93 bits per heavy atom. The first-order chi connectivity index (χ1) is 6.60. The number of carbonyl (C=O) groups is 1. The van der Waals surface area contributed by atoms with Crippen molar-refractivity contribution in [1.29, 1.82) is 0 Å². The molecule has 2 heteroatoms. The molecule has 0 aromatic carbocycles. The monoisotopic (exact) mass is 214 g/mol. The lowest BCUT2D eigenvalue weighted by Gasteiger charge is -2.31. The van der Waals surface area contributed by atoms with Gasteiger partial charge in [-0.05, 0) is 46.5 Å². The largest absolute Gasteiger partial charge is 0.460 e. The topological polar surface area (TPSA) is 26.3 Å². The van der Waals surface area contributed by atoms with Gasteiger partial charge in [-0.25, -0.2) is 0 Å². The van der Waals surface area contributed by atoms with Gasteiger partial charge in [-0.2, -0.15) is 0 Å². The van der Waals surface area contributed by atoms with Gasteiger partial charge in [0.1, 0.15) is 5.60 Å². The molecule has 1 atom stereocenters. The zero-order chi connectivity index (χ0) is 12.3. The second kappa shape index (κ2) is 5.00. The summed E-state index contributed by atoms with van der Waals surface area (Å²) in [6, 6.07) is 0. The fraction of sp³-hybridized carbons (Fsp3) is 0.923. The summed E-state index contributed by atoms with van der Waals surface area (Å²) in [5.41, 5.74) is -0.716. The van der Waals surface area contributed by atoms with E-state index in [1.54, 1.807) is 0 Å². The Labute approximate surface area is 94.4 Å². The van der Waals surface area contributed by atoms with Gasteiger partial charge in [0.25, 0.3) is 0 Å². The average molecular weight is 214 g/mol. The van der Waals surface area contributed by atoms with Gasteiger partial charge in [-0.3, -0.25) is 4.79 Å². The summed E-state index contributed by atoms with van der Waals surface area (Å²) in [6.07, 6.45) is 1.72. The van der Waals surface area contributed by atoms with Crippen molar-refractivity contribution in [2.45, 2.75) is 66.9 Å². The molecule has 0 spiro atoms. The molecular weight excluding hydrogens is 188 g/mol. The van der Waals surface area contributed by atoms with E-state index in [0.717, 1.165) is 12.8 Å². The molecule has 1 unspecified atom stereocenters. The van der Waals surface area contributed by atoms with E-state index in [-0.39, 0.29) is 17.0 Å². The molecule has 0 fully saturated rings. The van der Waals surface area contributed by atoms with E-state index in [1.165, 1.54) is 0 Å². The van der Waals surface area contributed by atoms with Crippen molar-refractivity contribution in [3.8, 4) is 0 Å². The second-order valence-electron chi connectivity index (χ2n) is 6.01. The maximum atomic E-state index is 12.0. The Kier molecular flexibility index (Phi) is 4.82. The van der Waals surface area contributed by atoms with Crippen LogP contribution < -0.4 is 0 Å². The molecule has 0 N–H and O–H groups in total. The highest BCUT2D eigenvalue weighted by atomic mass is 16.6. The van der Waals surface area contributed by atoms with Crippen LogP contribution in [-0.2, 0) is 9.53 Å². The van der Waals surface area contributed by atoms with Crippen LogP contribution in [0.25, 0.3) is 0 Å². The minimum absolute atomic E-state index is 0.0637. The third kappa shape index (κ3) is 5.19. The summed E-state index contributed by atoms with van der Waals surface area (Å²) in [6.45, 7) is 14.1. The van der Waals surface area contributed by atoms with Crippen LogP contribution in [0.3, 0.4) is 0 Å². The number of rotatable bonds is 4. The lowest BCUT2D eigenvalue weighted by molar-refractivity contribution is -0.168. The molecule has 0 aromatic heterocycles. The van der Waals surface area contributed by atoms with Crippen LogP contribution in [0.1, 0.15) is 61.3 Å². The van der Waals surface area contributed by atoms with Crippen molar-refractivity contribution in [1.82, 2.24) is 0 Å². The molecule has 0 aliphatic rings. The molecule has 0 rings (SSSR count). The highest BCUT2D eigenvalue weighted by Crippen LogP contribution is 2.32. The molecule has 0 bridgehead atoms. The van der Waals surface area contributed by atoms with Gasteiger partial charge in [-0.1, -0.05) is 20.8 Å². The fourth-order valence-electron chi connectivity index (χ4n) is 1.67. The predicted molar refractivity (Wildman–Crippen MR) is 63.7 cm³/mol.